The van der Waals surface area contributed by atoms with Crippen LogP contribution in [0.2, 0.25) is 0 Å². The summed E-state index contributed by atoms with van der Waals surface area (Å²) in [6.07, 6.45) is 8.83. The van der Waals surface area contributed by atoms with Gasteiger partial charge in [-0.05, 0) is 55.3 Å². The molecule has 0 radical (unpaired) electrons. The lowest BCUT2D eigenvalue weighted by Crippen LogP contribution is -2.18. The number of carbonyl (C=O) groups is 1. The van der Waals surface area contributed by atoms with Crippen LogP contribution in [0, 0.1) is 0 Å². The van der Waals surface area contributed by atoms with E-state index in [4.69, 9.17) is 14.2 Å². The van der Waals surface area contributed by atoms with Crippen molar-refractivity contribution < 1.29 is 19.0 Å². The van der Waals surface area contributed by atoms with E-state index in [1.807, 2.05) is 55.5 Å². The smallest absolute Gasteiger partial charge is 0.271 e. The first-order chi connectivity index (χ1) is 18.6. The topological polar surface area (TPSA) is 69.2 Å². The lowest BCUT2D eigenvalue weighted by molar-refractivity contribution is 0.0954. The maximum absolute atomic E-state index is 12.8. The van der Waals surface area contributed by atoms with Crippen molar-refractivity contribution in [3.05, 3.63) is 87.9 Å². The second kappa shape index (κ2) is 16.5. The number of halogens is 1. The highest BCUT2D eigenvalue weighted by Gasteiger charge is 2.12. The molecule has 0 heterocycles. The van der Waals surface area contributed by atoms with Gasteiger partial charge in [0.2, 0.25) is 0 Å². The van der Waals surface area contributed by atoms with E-state index in [0.717, 1.165) is 34.2 Å². The van der Waals surface area contributed by atoms with Crippen LogP contribution in [0.3, 0.4) is 0 Å². The van der Waals surface area contributed by atoms with Crippen molar-refractivity contribution in [2.24, 2.45) is 5.10 Å². The summed E-state index contributed by atoms with van der Waals surface area (Å²) in [5.74, 6) is 1.48. The van der Waals surface area contributed by atoms with Crippen LogP contribution >= 0.6 is 15.9 Å². The Kier molecular flexibility index (Phi) is 12.7. The summed E-state index contributed by atoms with van der Waals surface area (Å²) in [6, 6.07) is 20.8. The third-order valence-corrected chi connectivity index (χ3v) is 6.33. The van der Waals surface area contributed by atoms with E-state index >= 15 is 0 Å². The maximum atomic E-state index is 12.8. The minimum atomic E-state index is -0.346. The van der Waals surface area contributed by atoms with Crippen molar-refractivity contribution in [1.29, 1.82) is 0 Å². The molecule has 7 heteroatoms. The van der Waals surface area contributed by atoms with Gasteiger partial charge in [0.05, 0.1) is 19.4 Å². The third-order valence-electron chi connectivity index (χ3n) is 5.84. The van der Waals surface area contributed by atoms with Crippen LogP contribution in [0.25, 0.3) is 0 Å². The van der Waals surface area contributed by atoms with Gasteiger partial charge in [-0.25, -0.2) is 5.43 Å². The number of hydrogen-bond donors (Lipinski definition) is 1. The Morgan fingerprint density at radius 1 is 0.842 bits per heavy atom. The zero-order valence-corrected chi connectivity index (χ0v) is 23.8. The molecule has 0 aliphatic rings. The molecule has 0 saturated heterocycles. The molecule has 0 saturated carbocycles. The number of benzene rings is 3. The van der Waals surface area contributed by atoms with Crippen LogP contribution in [0.1, 0.15) is 73.9 Å². The van der Waals surface area contributed by atoms with Gasteiger partial charge in [0.15, 0.2) is 11.5 Å². The van der Waals surface area contributed by atoms with Gasteiger partial charge in [-0.1, -0.05) is 85.3 Å². The average molecular weight is 582 g/mol. The fourth-order valence-electron chi connectivity index (χ4n) is 3.81. The maximum Gasteiger partial charge on any atom is 0.271 e. The van der Waals surface area contributed by atoms with E-state index in [2.05, 4.69) is 33.4 Å². The Balaban J connectivity index is 1.58. The van der Waals surface area contributed by atoms with Crippen LogP contribution < -0.4 is 19.6 Å². The van der Waals surface area contributed by atoms with Crippen molar-refractivity contribution in [3.8, 4) is 17.2 Å². The predicted molar refractivity (Wildman–Crippen MR) is 156 cm³/mol. The number of hydrazone groups is 1. The van der Waals surface area contributed by atoms with E-state index in [0.29, 0.717) is 36.9 Å². The molecule has 1 N–H and O–H groups in total. The van der Waals surface area contributed by atoms with E-state index in [1.54, 1.807) is 24.4 Å². The van der Waals surface area contributed by atoms with E-state index in [9.17, 15) is 4.79 Å². The summed E-state index contributed by atoms with van der Waals surface area (Å²) in [6.45, 7) is 5.63. The molecule has 0 fully saturated rings. The summed E-state index contributed by atoms with van der Waals surface area (Å²) in [5, 5.41) is 4.17. The number of nitrogens with zero attached hydrogens (tertiary/aromatic N) is 1. The molecule has 202 valence electrons. The fraction of sp³-hybridized carbons (Fsp3) is 0.355. The monoisotopic (exact) mass is 580 g/mol. The lowest BCUT2D eigenvalue weighted by atomic mass is 10.1. The molecule has 3 aromatic rings. The number of ether oxygens (including phenoxy) is 3. The number of carbonyl (C=O) groups excluding carboxylic acids is 1. The molecule has 0 spiro atoms. The highest BCUT2D eigenvalue weighted by Crippen LogP contribution is 2.29. The van der Waals surface area contributed by atoms with Gasteiger partial charge in [-0.2, -0.15) is 5.10 Å². The van der Waals surface area contributed by atoms with Crippen molar-refractivity contribution in [2.75, 3.05) is 13.2 Å². The van der Waals surface area contributed by atoms with Gasteiger partial charge in [0.1, 0.15) is 12.4 Å². The second-order valence-electron chi connectivity index (χ2n) is 8.87. The Bertz CT molecular complexity index is 1170. The highest BCUT2D eigenvalue weighted by atomic mass is 79.9. The molecule has 0 unspecified atom stereocenters. The van der Waals surface area contributed by atoms with Gasteiger partial charge in [0.25, 0.3) is 5.91 Å². The first kappa shape index (κ1) is 29.2. The third kappa shape index (κ3) is 9.86. The minimum absolute atomic E-state index is 0.346. The van der Waals surface area contributed by atoms with Gasteiger partial charge in [0, 0.05) is 15.6 Å². The molecule has 0 aliphatic carbocycles. The normalized spacial score (nSPS) is 10.9. The molecule has 1 amide bonds. The molecule has 6 nitrogen and oxygen atoms in total. The SMILES string of the molecule is CCCCCCCCOc1ccc(Br)cc1/C=N/NC(=O)c1ccc(OCc2ccccc2)c(OCC)c1. The summed E-state index contributed by atoms with van der Waals surface area (Å²) < 4.78 is 18.6. The number of nitrogens with one attached hydrogen (secondary N) is 1. The quantitative estimate of drug-likeness (QED) is 0.106. The minimum Gasteiger partial charge on any atom is -0.493 e. The molecule has 3 aromatic carbocycles. The second-order valence-corrected chi connectivity index (χ2v) is 9.78. The van der Waals surface area contributed by atoms with Crippen molar-refractivity contribution in [3.63, 3.8) is 0 Å². The fourth-order valence-corrected chi connectivity index (χ4v) is 4.19. The van der Waals surface area contributed by atoms with Crippen molar-refractivity contribution >= 4 is 28.1 Å². The average Bonchev–Trinajstić information content (AvgIpc) is 2.93. The van der Waals surface area contributed by atoms with E-state index < -0.39 is 0 Å². The van der Waals surface area contributed by atoms with Gasteiger partial charge < -0.3 is 14.2 Å². The molecule has 0 atom stereocenters. The molecule has 3 rings (SSSR count). The van der Waals surface area contributed by atoms with E-state index in [-0.39, 0.29) is 5.91 Å². The van der Waals surface area contributed by atoms with Gasteiger partial charge in [-0.3, -0.25) is 4.79 Å². The van der Waals surface area contributed by atoms with Gasteiger partial charge >= 0.3 is 0 Å². The highest BCUT2D eigenvalue weighted by molar-refractivity contribution is 9.10. The molecule has 0 aliphatic heterocycles. The number of amides is 1. The predicted octanol–water partition coefficient (Wildman–Crippen LogP) is 7.93. The zero-order chi connectivity index (χ0) is 27.0. The summed E-state index contributed by atoms with van der Waals surface area (Å²) in [7, 11) is 0. The zero-order valence-electron chi connectivity index (χ0n) is 22.3. The van der Waals surface area contributed by atoms with Crippen LogP contribution in [0.5, 0.6) is 17.2 Å². The molecule has 38 heavy (non-hydrogen) atoms. The Hall–Kier alpha value is -3.32. The number of rotatable bonds is 16. The standard InChI is InChI=1S/C31H37BrN2O4/c1-3-5-6-7-8-12-19-37-28-18-16-27(32)20-26(28)22-33-34-31(35)25-15-17-29(30(21-25)36-4-2)38-23-24-13-10-9-11-14-24/h9-11,13-18,20-22H,3-8,12,19,23H2,1-2H3,(H,34,35)/b33-22+. The Labute approximate surface area is 234 Å². The molecular formula is C31H37BrN2O4. The summed E-state index contributed by atoms with van der Waals surface area (Å²) in [4.78, 5) is 12.8. The molecular weight excluding hydrogens is 544 g/mol. The molecule has 0 bridgehead atoms. The van der Waals surface area contributed by atoms with Crippen molar-refractivity contribution in [1.82, 2.24) is 5.43 Å². The first-order valence-electron chi connectivity index (χ1n) is 13.3. The van der Waals surface area contributed by atoms with Crippen LogP contribution in [-0.2, 0) is 6.61 Å². The van der Waals surface area contributed by atoms with Crippen LogP contribution in [-0.4, -0.2) is 25.3 Å². The van der Waals surface area contributed by atoms with Crippen molar-refractivity contribution in [2.45, 2.75) is 59.0 Å². The Morgan fingerprint density at radius 2 is 1.61 bits per heavy atom. The summed E-state index contributed by atoms with van der Waals surface area (Å²) in [5.41, 5.74) is 4.86. The first-order valence-corrected chi connectivity index (χ1v) is 14.1. The van der Waals surface area contributed by atoms with Crippen LogP contribution in [0.15, 0.2) is 76.3 Å². The number of unbranched alkanes of at least 4 members (excludes halogenated alkanes) is 5. The molecule has 0 aromatic heterocycles. The number of hydrogen-bond acceptors (Lipinski definition) is 5. The van der Waals surface area contributed by atoms with Gasteiger partial charge in [-0.15, -0.1) is 0 Å². The van der Waals surface area contributed by atoms with Crippen LogP contribution in [0.4, 0.5) is 0 Å². The largest absolute Gasteiger partial charge is 0.493 e. The van der Waals surface area contributed by atoms with E-state index in [1.165, 1.54) is 25.7 Å². The summed E-state index contributed by atoms with van der Waals surface area (Å²) >= 11 is 3.50. The lowest BCUT2D eigenvalue weighted by Gasteiger charge is -2.13. The Morgan fingerprint density at radius 3 is 2.39 bits per heavy atom.